The van der Waals surface area contributed by atoms with Crippen LogP contribution in [0.15, 0.2) is 0 Å². The van der Waals surface area contributed by atoms with Gasteiger partial charge in [-0.1, -0.05) is 0 Å². The molecule has 0 unspecified atom stereocenters. The first kappa shape index (κ1) is 19.8. The summed E-state index contributed by atoms with van der Waals surface area (Å²) in [4.78, 5) is 22.0. The van der Waals surface area contributed by atoms with E-state index in [1.165, 1.54) is 35.2 Å². The van der Waals surface area contributed by atoms with E-state index in [1.807, 2.05) is 0 Å². The second-order valence-electron chi connectivity index (χ2n) is 4.31. The maximum absolute atomic E-state index is 11.1. The molecule has 0 heterocycles. The smallest absolute Gasteiger partial charge is 0.303 e. The Morgan fingerprint density at radius 1 is 0.905 bits per heavy atom. The van der Waals surface area contributed by atoms with Gasteiger partial charge < -0.3 is 28.8 Å². The second kappa shape index (κ2) is 10.5. The molecule has 0 aliphatic carbocycles. The van der Waals surface area contributed by atoms with Crippen LogP contribution in [0.1, 0.15) is 13.8 Å². The summed E-state index contributed by atoms with van der Waals surface area (Å²) >= 11 is 0. The summed E-state index contributed by atoms with van der Waals surface area (Å²) in [5.74, 6) is -1.01. The fraction of sp³-hybridized carbons (Fsp3) is 0.846. The number of methoxy groups -OCH3 is 3. The van der Waals surface area contributed by atoms with Gasteiger partial charge >= 0.3 is 11.9 Å². The normalized spacial score (nSPS) is 16.7. The molecule has 0 aromatic heterocycles. The Morgan fingerprint density at radius 2 is 1.43 bits per heavy atom. The molecule has 21 heavy (non-hydrogen) atoms. The third-order valence-electron chi connectivity index (χ3n) is 2.85. The molecule has 0 bridgehead atoms. The van der Waals surface area contributed by atoms with E-state index in [0.29, 0.717) is 0 Å². The Hall–Kier alpha value is -1.22. The first-order valence-corrected chi connectivity index (χ1v) is 6.41. The molecule has 8 nitrogen and oxygen atoms in total. The van der Waals surface area contributed by atoms with Gasteiger partial charge in [-0.3, -0.25) is 9.59 Å². The summed E-state index contributed by atoms with van der Waals surface area (Å²) < 4.78 is 25.7. The highest BCUT2D eigenvalue weighted by Crippen LogP contribution is 2.17. The van der Waals surface area contributed by atoms with Crippen molar-refractivity contribution >= 4 is 11.9 Å². The van der Waals surface area contributed by atoms with Crippen LogP contribution < -0.4 is 0 Å². The highest BCUT2D eigenvalue weighted by molar-refractivity contribution is 5.66. The summed E-state index contributed by atoms with van der Waals surface area (Å²) in [6.45, 7) is 2.01. The van der Waals surface area contributed by atoms with Crippen molar-refractivity contribution in [2.75, 3.05) is 34.5 Å². The Bertz CT molecular complexity index is 319. The van der Waals surface area contributed by atoms with Crippen LogP contribution in [0.5, 0.6) is 0 Å². The summed E-state index contributed by atoms with van der Waals surface area (Å²) in [6.07, 6.45) is -3.07. The highest BCUT2D eigenvalue weighted by atomic mass is 16.6. The Kier molecular flexibility index (Phi) is 9.89. The topological polar surface area (TPSA) is 101 Å². The number of hydrogen-bond donors (Lipinski definition) is 1. The molecule has 4 atom stereocenters. The zero-order valence-corrected chi connectivity index (χ0v) is 13.0. The van der Waals surface area contributed by atoms with Crippen molar-refractivity contribution in [1.82, 2.24) is 0 Å². The maximum Gasteiger partial charge on any atom is 0.303 e. The van der Waals surface area contributed by atoms with Crippen LogP contribution in [0.4, 0.5) is 0 Å². The van der Waals surface area contributed by atoms with Gasteiger partial charge in [-0.15, -0.1) is 0 Å². The lowest BCUT2D eigenvalue weighted by molar-refractivity contribution is -0.183. The molecule has 8 heteroatoms. The lowest BCUT2D eigenvalue weighted by atomic mass is 10.0. The van der Waals surface area contributed by atoms with E-state index in [4.69, 9.17) is 23.7 Å². The van der Waals surface area contributed by atoms with Crippen molar-refractivity contribution in [3.63, 3.8) is 0 Å². The first-order valence-electron chi connectivity index (χ1n) is 6.41. The fourth-order valence-electron chi connectivity index (χ4n) is 1.91. The minimum Gasteiger partial charge on any atom is -0.463 e. The summed E-state index contributed by atoms with van der Waals surface area (Å²) in [5, 5.41) is 9.35. The standard InChI is InChI=1S/C13H24O8/c1-8(15)20-7-11(17-3)13(19-5)12(18-4)10(6-14)21-9(2)16/h10-14H,6-7H2,1-5H3/t10-,11+,12+,13-/m1/s1. The van der Waals surface area contributed by atoms with Gasteiger partial charge in [0.2, 0.25) is 0 Å². The van der Waals surface area contributed by atoms with Crippen LogP contribution in [0, 0.1) is 0 Å². The molecule has 1 N–H and O–H groups in total. The highest BCUT2D eigenvalue weighted by Gasteiger charge is 2.37. The monoisotopic (exact) mass is 308 g/mol. The molecule has 0 fully saturated rings. The van der Waals surface area contributed by atoms with Gasteiger partial charge in [0, 0.05) is 35.2 Å². The van der Waals surface area contributed by atoms with E-state index < -0.39 is 43.0 Å². The molecule has 0 aliphatic heterocycles. The number of aliphatic hydroxyl groups excluding tert-OH is 1. The van der Waals surface area contributed by atoms with Gasteiger partial charge in [0.25, 0.3) is 0 Å². The lowest BCUT2D eigenvalue weighted by Gasteiger charge is -2.34. The van der Waals surface area contributed by atoms with Crippen LogP contribution >= 0.6 is 0 Å². The first-order chi connectivity index (χ1) is 9.90. The number of hydrogen-bond acceptors (Lipinski definition) is 8. The van der Waals surface area contributed by atoms with E-state index in [9.17, 15) is 14.7 Å². The predicted octanol–water partition coefficient (Wildman–Crippen LogP) is -0.481. The average molecular weight is 308 g/mol. The Balaban J connectivity index is 5.02. The molecule has 0 aromatic rings. The number of carbonyl (C=O) groups excluding carboxylic acids is 2. The maximum atomic E-state index is 11.1. The van der Waals surface area contributed by atoms with E-state index >= 15 is 0 Å². The van der Waals surface area contributed by atoms with Gasteiger partial charge in [0.05, 0.1) is 6.61 Å². The molecular formula is C13H24O8. The van der Waals surface area contributed by atoms with Crippen LogP contribution in [-0.2, 0) is 33.3 Å². The quantitative estimate of drug-likeness (QED) is 0.540. The van der Waals surface area contributed by atoms with Crippen molar-refractivity contribution in [2.45, 2.75) is 38.3 Å². The molecule has 0 amide bonds. The third kappa shape index (κ3) is 6.85. The molecular weight excluding hydrogens is 284 g/mol. The largest absolute Gasteiger partial charge is 0.463 e. The van der Waals surface area contributed by atoms with Crippen molar-refractivity contribution in [3.8, 4) is 0 Å². The van der Waals surface area contributed by atoms with Gasteiger partial charge in [-0.2, -0.15) is 0 Å². The second-order valence-corrected chi connectivity index (χ2v) is 4.31. The summed E-state index contributed by atoms with van der Waals surface area (Å²) in [5.41, 5.74) is 0. The van der Waals surface area contributed by atoms with Gasteiger partial charge in [0.1, 0.15) is 24.9 Å². The fourth-order valence-corrected chi connectivity index (χ4v) is 1.91. The van der Waals surface area contributed by atoms with Gasteiger partial charge in [-0.05, 0) is 0 Å². The zero-order chi connectivity index (χ0) is 16.4. The van der Waals surface area contributed by atoms with Crippen molar-refractivity contribution in [1.29, 1.82) is 0 Å². The van der Waals surface area contributed by atoms with E-state index in [-0.39, 0.29) is 6.61 Å². The number of ether oxygens (including phenoxy) is 5. The van der Waals surface area contributed by atoms with Gasteiger partial charge in [0.15, 0.2) is 6.10 Å². The van der Waals surface area contributed by atoms with E-state index in [1.54, 1.807) is 0 Å². The van der Waals surface area contributed by atoms with E-state index in [0.717, 1.165) is 0 Å². The number of aliphatic hydroxyl groups is 1. The molecule has 0 rings (SSSR count). The third-order valence-corrected chi connectivity index (χ3v) is 2.85. The molecule has 0 spiro atoms. The lowest BCUT2D eigenvalue weighted by Crippen LogP contribution is -2.51. The molecule has 0 radical (unpaired) electrons. The Morgan fingerprint density at radius 3 is 1.76 bits per heavy atom. The predicted molar refractivity (Wildman–Crippen MR) is 71.7 cm³/mol. The molecule has 124 valence electrons. The van der Waals surface area contributed by atoms with Crippen molar-refractivity contribution < 1.29 is 38.4 Å². The minimum atomic E-state index is -0.924. The number of rotatable bonds is 10. The summed E-state index contributed by atoms with van der Waals surface area (Å²) in [6, 6.07) is 0. The minimum absolute atomic E-state index is 0.0532. The van der Waals surface area contributed by atoms with Crippen LogP contribution in [0.3, 0.4) is 0 Å². The molecule has 0 aliphatic rings. The van der Waals surface area contributed by atoms with E-state index in [2.05, 4.69) is 0 Å². The average Bonchev–Trinajstić information content (AvgIpc) is 2.44. The number of carbonyl (C=O) groups is 2. The molecule has 0 aromatic carbocycles. The summed E-state index contributed by atoms with van der Waals surface area (Å²) in [7, 11) is 4.23. The van der Waals surface area contributed by atoms with Crippen LogP contribution in [0.2, 0.25) is 0 Å². The van der Waals surface area contributed by atoms with Crippen molar-refractivity contribution in [3.05, 3.63) is 0 Å². The van der Waals surface area contributed by atoms with Gasteiger partial charge in [-0.25, -0.2) is 0 Å². The van der Waals surface area contributed by atoms with Crippen LogP contribution in [0.25, 0.3) is 0 Å². The zero-order valence-electron chi connectivity index (χ0n) is 13.0. The number of esters is 2. The molecule has 0 saturated carbocycles. The Labute approximate surface area is 124 Å². The van der Waals surface area contributed by atoms with Crippen molar-refractivity contribution in [2.24, 2.45) is 0 Å². The SMILES string of the molecule is CO[C@H]([C@H](OC)[C@H](COC(C)=O)OC)[C@@H](CO)OC(C)=O. The molecule has 0 saturated heterocycles. The van der Waals surface area contributed by atoms with Crippen LogP contribution in [-0.4, -0.2) is 76.0 Å².